The topological polar surface area (TPSA) is 84.2 Å². The third-order valence-corrected chi connectivity index (χ3v) is 3.52. The molecule has 0 aromatic heterocycles. The molecule has 0 heterocycles. The number of nitrogens with one attached hydrogen (secondary N) is 2. The Kier molecular flexibility index (Phi) is 5.49. The molecule has 0 aliphatic rings. The van der Waals surface area contributed by atoms with Crippen LogP contribution >= 0.6 is 0 Å². The highest BCUT2D eigenvalue weighted by Crippen LogP contribution is 2.15. The molecular formula is C18H21N3O2. The lowest BCUT2D eigenvalue weighted by Crippen LogP contribution is -2.35. The van der Waals surface area contributed by atoms with Gasteiger partial charge in [-0.05, 0) is 36.6 Å². The Bertz CT molecular complexity index is 726. The molecule has 0 radical (unpaired) electrons. The zero-order chi connectivity index (χ0) is 16.8. The molecule has 2 aromatic rings. The molecule has 0 fully saturated rings. The normalized spacial score (nSPS) is 10.2. The zero-order valence-corrected chi connectivity index (χ0v) is 13.3. The number of nitrogens with two attached hydrogens (primary N) is 1. The number of hydrogen-bond acceptors (Lipinski definition) is 3. The molecule has 5 heteroatoms. The molecule has 23 heavy (non-hydrogen) atoms. The molecule has 0 bridgehead atoms. The van der Waals surface area contributed by atoms with E-state index in [1.807, 2.05) is 50.2 Å². The molecule has 0 aliphatic heterocycles. The molecular weight excluding hydrogens is 290 g/mol. The van der Waals surface area contributed by atoms with Gasteiger partial charge in [-0.15, -0.1) is 0 Å². The van der Waals surface area contributed by atoms with Gasteiger partial charge in [-0.2, -0.15) is 0 Å². The molecule has 120 valence electrons. The smallest absolute Gasteiger partial charge is 0.313 e. The highest BCUT2D eigenvalue weighted by molar-refractivity contribution is 6.39. The lowest BCUT2D eigenvalue weighted by molar-refractivity contribution is -0.136. The second-order valence-electron chi connectivity index (χ2n) is 5.48. The van der Waals surface area contributed by atoms with Crippen LogP contribution in [-0.4, -0.2) is 11.8 Å². The van der Waals surface area contributed by atoms with Gasteiger partial charge < -0.3 is 16.4 Å². The lowest BCUT2D eigenvalue weighted by atomic mass is 10.1. The average Bonchev–Trinajstić information content (AvgIpc) is 2.55. The predicted octanol–water partition coefficient (Wildman–Crippen LogP) is 2.02. The monoisotopic (exact) mass is 311 g/mol. The first kappa shape index (κ1) is 16.7. The van der Waals surface area contributed by atoms with Crippen molar-refractivity contribution in [2.24, 2.45) is 5.73 Å². The Morgan fingerprint density at radius 3 is 2.43 bits per heavy atom. The summed E-state index contributed by atoms with van der Waals surface area (Å²) in [7, 11) is 0. The minimum atomic E-state index is -0.674. The van der Waals surface area contributed by atoms with Gasteiger partial charge in [0.25, 0.3) is 0 Å². The second kappa shape index (κ2) is 7.56. The summed E-state index contributed by atoms with van der Waals surface area (Å²) in [6, 6.07) is 13.2. The zero-order valence-electron chi connectivity index (χ0n) is 13.3. The van der Waals surface area contributed by atoms with Crippen molar-refractivity contribution in [3.63, 3.8) is 0 Å². The van der Waals surface area contributed by atoms with E-state index in [0.717, 1.165) is 22.3 Å². The summed E-state index contributed by atoms with van der Waals surface area (Å²) in [4.78, 5) is 23.9. The minimum Gasteiger partial charge on any atom is -0.344 e. The molecule has 4 N–H and O–H groups in total. The summed E-state index contributed by atoms with van der Waals surface area (Å²) >= 11 is 0. The number of aryl methyl sites for hydroxylation is 2. The maximum Gasteiger partial charge on any atom is 0.313 e. The fourth-order valence-electron chi connectivity index (χ4n) is 2.26. The Morgan fingerprint density at radius 2 is 1.74 bits per heavy atom. The first-order chi connectivity index (χ1) is 11.0. The van der Waals surface area contributed by atoms with Crippen molar-refractivity contribution in [2.45, 2.75) is 26.9 Å². The summed E-state index contributed by atoms with van der Waals surface area (Å²) in [6.45, 7) is 4.58. The van der Waals surface area contributed by atoms with Crippen LogP contribution in [0.2, 0.25) is 0 Å². The molecule has 2 aromatic carbocycles. The number of rotatable bonds is 4. The van der Waals surface area contributed by atoms with Gasteiger partial charge in [0.05, 0.1) is 0 Å². The van der Waals surface area contributed by atoms with E-state index in [4.69, 9.17) is 5.73 Å². The SMILES string of the molecule is Cc1ccc(NC(=O)C(=O)NCc2cccc(CN)c2)c(C)c1. The highest BCUT2D eigenvalue weighted by Gasteiger charge is 2.14. The third kappa shape index (κ3) is 4.66. The van der Waals surface area contributed by atoms with Gasteiger partial charge in [0.2, 0.25) is 0 Å². The number of benzene rings is 2. The first-order valence-corrected chi connectivity index (χ1v) is 7.44. The number of hydrogen-bond donors (Lipinski definition) is 3. The van der Waals surface area contributed by atoms with Crippen LogP contribution in [0.5, 0.6) is 0 Å². The molecule has 0 spiro atoms. The van der Waals surface area contributed by atoms with Gasteiger partial charge >= 0.3 is 11.8 Å². The maximum absolute atomic E-state index is 12.0. The predicted molar refractivity (Wildman–Crippen MR) is 90.7 cm³/mol. The second-order valence-corrected chi connectivity index (χ2v) is 5.48. The van der Waals surface area contributed by atoms with Crippen LogP contribution in [0.1, 0.15) is 22.3 Å². The van der Waals surface area contributed by atoms with Crippen LogP contribution in [0.25, 0.3) is 0 Å². The van der Waals surface area contributed by atoms with Crippen LogP contribution < -0.4 is 16.4 Å². The van der Waals surface area contributed by atoms with E-state index in [1.54, 1.807) is 6.07 Å². The molecule has 2 rings (SSSR count). The Balaban J connectivity index is 1.93. The van der Waals surface area contributed by atoms with Gasteiger partial charge in [0.1, 0.15) is 0 Å². The summed E-state index contributed by atoms with van der Waals surface area (Å²) in [6.07, 6.45) is 0. The summed E-state index contributed by atoms with van der Waals surface area (Å²) in [5, 5.41) is 5.23. The molecule has 0 atom stereocenters. The van der Waals surface area contributed by atoms with Crippen LogP contribution in [-0.2, 0) is 22.7 Å². The van der Waals surface area contributed by atoms with Crippen LogP contribution in [0, 0.1) is 13.8 Å². The average molecular weight is 311 g/mol. The Hall–Kier alpha value is -2.66. The van der Waals surface area contributed by atoms with E-state index in [1.165, 1.54) is 0 Å². The Morgan fingerprint density at radius 1 is 1.00 bits per heavy atom. The van der Waals surface area contributed by atoms with Crippen molar-refractivity contribution in [1.82, 2.24) is 5.32 Å². The van der Waals surface area contributed by atoms with Crippen LogP contribution in [0.15, 0.2) is 42.5 Å². The van der Waals surface area contributed by atoms with Crippen molar-refractivity contribution in [1.29, 1.82) is 0 Å². The van der Waals surface area contributed by atoms with Gasteiger partial charge in [0.15, 0.2) is 0 Å². The number of carbonyl (C=O) groups excluding carboxylic acids is 2. The van der Waals surface area contributed by atoms with Crippen molar-refractivity contribution < 1.29 is 9.59 Å². The quantitative estimate of drug-likeness (QED) is 0.755. The molecule has 0 saturated carbocycles. The molecule has 5 nitrogen and oxygen atoms in total. The maximum atomic E-state index is 12.0. The summed E-state index contributed by atoms with van der Waals surface area (Å²) < 4.78 is 0. The van der Waals surface area contributed by atoms with Gasteiger partial charge in [-0.25, -0.2) is 0 Å². The van der Waals surface area contributed by atoms with E-state index in [-0.39, 0.29) is 6.54 Å². The molecule has 2 amide bonds. The van der Waals surface area contributed by atoms with Gasteiger partial charge in [-0.1, -0.05) is 42.0 Å². The third-order valence-electron chi connectivity index (χ3n) is 3.52. The molecule has 0 unspecified atom stereocenters. The fraction of sp³-hybridized carbons (Fsp3) is 0.222. The summed E-state index contributed by atoms with van der Waals surface area (Å²) in [5.74, 6) is -1.34. The number of anilines is 1. The van der Waals surface area contributed by atoms with Crippen molar-refractivity contribution in [2.75, 3.05) is 5.32 Å². The highest BCUT2D eigenvalue weighted by atomic mass is 16.2. The van der Waals surface area contributed by atoms with Crippen LogP contribution in [0.4, 0.5) is 5.69 Å². The molecule has 0 aliphatic carbocycles. The number of carbonyl (C=O) groups is 2. The summed E-state index contributed by atoms with van der Waals surface area (Å²) in [5.41, 5.74) is 10.1. The van der Waals surface area contributed by atoms with Crippen molar-refractivity contribution >= 4 is 17.5 Å². The van der Waals surface area contributed by atoms with Crippen molar-refractivity contribution in [3.05, 3.63) is 64.7 Å². The molecule has 0 saturated heterocycles. The van der Waals surface area contributed by atoms with E-state index in [2.05, 4.69) is 10.6 Å². The number of amides is 2. The standard InChI is InChI=1S/C18H21N3O2/c1-12-6-7-16(13(2)8-12)21-18(23)17(22)20-11-15-5-3-4-14(9-15)10-19/h3-9H,10-11,19H2,1-2H3,(H,20,22)(H,21,23). The lowest BCUT2D eigenvalue weighted by Gasteiger charge is -2.10. The van der Waals surface area contributed by atoms with Crippen LogP contribution in [0.3, 0.4) is 0 Å². The first-order valence-electron chi connectivity index (χ1n) is 7.44. The fourth-order valence-corrected chi connectivity index (χ4v) is 2.26. The van der Waals surface area contributed by atoms with E-state index in [9.17, 15) is 9.59 Å². The van der Waals surface area contributed by atoms with Crippen molar-refractivity contribution in [3.8, 4) is 0 Å². The van der Waals surface area contributed by atoms with E-state index < -0.39 is 11.8 Å². The van der Waals surface area contributed by atoms with Gasteiger partial charge in [0, 0.05) is 18.8 Å². The largest absolute Gasteiger partial charge is 0.344 e. The van der Waals surface area contributed by atoms with Gasteiger partial charge in [-0.3, -0.25) is 9.59 Å². The minimum absolute atomic E-state index is 0.285. The Labute approximate surface area is 135 Å². The van der Waals surface area contributed by atoms with E-state index >= 15 is 0 Å². The van der Waals surface area contributed by atoms with E-state index in [0.29, 0.717) is 12.2 Å².